The molecular weight excluding hydrogens is 446 g/mol. The first kappa shape index (κ1) is 25.9. The molecule has 0 aromatic rings. The average Bonchev–Trinajstić information content (AvgIpc) is 3.09. The minimum Gasteiger partial charge on any atom is -0.394 e. The first-order valence-electron chi connectivity index (χ1n) is 13.2. The Hall–Kier alpha value is -2.19. The number of aliphatic hydroxyl groups is 1. The van der Waals surface area contributed by atoms with Crippen molar-refractivity contribution in [3.05, 3.63) is 24.3 Å². The lowest BCUT2D eigenvalue weighted by Crippen LogP contribution is -2.60. The van der Waals surface area contributed by atoms with E-state index in [1.165, 1.54) is 0 Å². The van der Waals surface area contributed by atoms with Gasteiger partial charge in [0.2, 0.25) is 17.7 Å². The third-order valence-electron chi connectivity index (χ3n) is 8.42. The molecule has 4 aliphatic rings. The first-order valence-corrected chi connectivity index (χ1v) is 13.2. The largest absolute Gasteiger partial charge is 0.394 e. The van der Waals surface area contributed by atoms with Gasteiger partial charge in [0.05, 0.1) is 30.1 Å². The van der Waals surface area contributed by atoms with E-state index in [0.29, 0.717) is 26.1 Å². The number of nitrogens with zero attached hydrogens (tertiary/aromatic N) is 3. The highest BCUT2D eigenvalue weighted by molar-refractivity contribution is 6.00. The topological polar surface area (TPSA) is 90.4 Å². The quantitative estimate of drug-likeness (QED) is 0.555. The molecule has 6 atom stereocenters. The first-order chi connectivity index (χ1) is 16.6. The van der Waals surface area contributed by atoms with Gasteiger partial charge in [0.25, 0.3) is 0 Å². The minimum absolute atomic E-state index is 0.0708. The molecule has 4 rings (SSSR count). The van der Waals surface area contributed by atoms with E-state index in [1.54, 1.807) is 14.7 Å². The second-order valence-corrected chi connectivity index (χ2v) is 11.0. The van der Waals surface area contributed by atoms with E-state index < -0.39 is 35.1 Å². The molecule has 2 fully saturated rings. The van der Waals surface area contributed by atoms with Crippen LogP contribution in [0.1, 0.15) is 54.4 Å². The molecule has 0 aromatic heterocycles. The second-order valence-electron chi connectivity index (χ2n) is 11.0. The van der Waals surface area contributed by atoms with Gasteiger partial charge in [-0.1, -0.05) is 52.0 Å². The van der Waals surface area contributed by atoms with Crippen molar-refractivity contribution in [3.63, 3.8) is 0 Å². The lowest BCUT2D eigenvalue weighted by atomic mass is 9.73. The fourth-order valence-corrected chi connectivity index (χ4v) is 6.68. The molecule has 194 valence electrons. The van der Waals surface area contributed by atoms with E-state index in [-0.39, 0.29) is 36.3 Å². The molecule has 8 heteroatoms. The second kappa shape index (κ2) is 9.36. The summed E-state index contributed by atoms with van der Waals surface area (Å²) in [5, 5.41) is 10.3. The maximum atomic E-state index is 14.4. The van der Waals surface area contributed by atoms with Crippen molar-refractivity contribution in [2.24, 2.45) is 17.8 Å². The maximum Gasteiger partial charge on any atom is 0.249 e. The third kappa shape index (κ3) is 3.67. The number of aliphatic hydroxyl groups excluding tert-OH is 1. The van der Waals surface area contributed by atoms with Gasteiger partial charge in [-0.15, -0.1) is 0 Å². The lowest BCUT2D eigenvalue weighted by molar-refractivity contribution is -0.159. The normalized spacial score (nSPS) is 35.5. The average molecular weight is 488 g/mol. The predicted octanol–water partition coefficient (Wildman–Crippen LogP) is 1.98. The van der Waals surface area contributed by atoms with Crippen LogP contribution in [0.4, 0.5) is 0 Å². The summed E-state index contributed by atoms with van der Waals surface area (Å²) in [6, 6.07) is -1.56. The summed E-state index contributed by atoms with van der Waals surface area (Å²) < 4.78 is 6.94. The van der Waals surface area contributed by atoms with E-state index >= 15 is 0 Å². The molecule has 1 unspecified atom stereocenters. The fraction of sp³-hybridized carbons (Fsp3) is 0.741. The summed E-state index contributed by atoms with van der Waals surface area (Å²) in [4.78, 5) is 47.6. The Morgan fingerprint density at radius 1 is 1.00 bits per heavy atom. The Morgan fingerprint density at radius 2 is 1.69 bits per heavy atom. The number of rotatable bonds is 7. The van der Waals surface area contributed by atoms with Crippen LogP contribution in [0.15, 0.2) is 24.3 Å². The number of hydrogen-bond donors (Lipinski definition) is 1. The van der Waals surface area contributed by atoms with Crippen LogP contribution in [-0.4, -0.2) is 93.1 Å². The molecule has 4 aliphatic heterocycles. The molecule has 1 spiro atoms. The Balaban J connectivity index is 1.94. The molecule has 4 heterocycles. The SMILES string of the molecule is CCCN1CC=C[C@@]2(CC)O[C@]34C=CCN(C(C)C)C(=O)C3N([C@@H](CO)C(C)C)C(=O)[C@@H]4[C@H]2C1=O. The van der Waals surface area contributed by atoms with Crippen LogP contribution in [0.2, 0.25) is 0 Å². The van der Waals surface area contributed by atoms with E-state index in [0.717, 1.165) is 6.42 Å². The van der Waals surface area contributed by atoms with Crippen LogP contribution in [0.25, 0.3) is 0 Å². The van der Waals surface area contributed by atoms with Gasteiger partial charge >= 0.3 is 0 Å². The van der Waals surface area contributed by atoms with Crippen molar-refractivity contribution in [1.82, 2.24) is 14.7 Å². The van der Waals surface area contributed by atoms with Crippen molar-refractivity contribution in [2.45, 2.75) is 83.7 Å². The van der Waals surface area contributed by atoms with E-state index in [4.69, 9.17) is 4.74 Å². The number of hydrogen-bond acceptors (Lipinski definition) is 5. The lowest BCUT2D eigenvalue weighted by Gasteiger charge is -2.42. The van der Waals surface area contributed by atoms with E-state index in [9.17, 15) is 19.5 Å². The van der Waals surface area contributed by atoms with Crippen molar-refractivity contribution in [3.8, 4) is 0 Å². The smallest absolute Gasteiger partial charge is 0.249 e. The highest BCUT2D eigenvalue weighted by atomic mass is 16.5. The Bertz CT molecular complexity index is 930. The summed E-state index contributed by atoms with van der Waals surface area (Å²) in [7, 11) is 0. The highest BCUT2D eigenvalue weighted by Crippen LogP contribution is 2.59. The molecule has 0 radical (unpaired) electrons. The molecule has 0 aromatic carbocycles. The Labute approximate surface area is 208 Å². The Morgan fingerprint density at radius 3 is 2.26 bits per heavy atom. The van der Waals surface area contributed by atoms with E-state index in [1.807, 2.05) is 65.8 Å². The summed E-state index contributed by atoms with van der Waals surface area (Å²) in [6.45, 7) is 13.0. The highest BCUT2D eigenvalue weighted by Gasteiger charge is 2.76. The number of carbonyl (C=O) groups excluding carboxylic acids is 3. The zero-order valence-electron chi connectivity index (χ0n) is 21.9. The number of amides is 3. The molecule has 0 aliphatic carbocycles. The van der Waals surface area contributed by atoms with Crippen LogP contribution >= 0.6 is 0 Å². The van der Waals surface area contributed by atoms with Crippen molar-refractivity contribution in [2.75, 3.05) is 26.2 Å². The number of likely N-dealkylation sites (tertiary alicyclic amines) is 1. The maximum absolute atomic E-state index is 14.4. The van der Waals surface area contributed by atoms with Gasteiger partial charge in [-0.3, -0.25) is 14.4 Å². The summed E-state index contributed by atoms with van der Waals surface area (Å²) >= 11 is 0. The zero-order valence-corrected chi connectivity index (χ0v) is 21.9. The van der Waals surface area contributed by atoms with E-state index in [2.05, 4.69) is 0 Å². The van der Waals surface area contributed by atoms with Crippen LogP contribution < -0.4 is 0 Å². The van der Waals surface area contributed by atoms with Gasteiger partial charge in [0, 0.05) is 25.7 Å². The molecule has 8 nitrogen and oxygen atoms in total. The molecular formula is C27H41N3O5. The summed E-state index contributed by atoms with van der Waals surface area (Å²) in [6.07, 6.45) is 9.06. The minimum atomic E-state index is -1.27. The van der Waals surface area contributed by atoms with Crippen LogP contribution in [0.3, 0.4) is 0 Å². The molecule has 0 saturated carbocycles. The van der Waals surface area contributed by atoms with Gasteiger partial charge in [-0.2, -0.15) is 0 Å². The van der Waals surface area contributed by atoms with Gasteiger partial charge in [0.15, 0.2) is 0 Å². The van der Waals surface area contributed by atoms with Crippen LogP contribution in [0.5, 0.6) is 0 Å². The molecule has 35 heavy (non-hydrogen) atoms. The van der Waals surface area contributed by atoms with Gasteiger partial charge < -0.3 is 24.5 Å². The summed E-state index contributed by atoms with van der Waals surface area (Å²) in [5.41, 5.74) is -2.23. The molecule has 0 bridgehead atoms. The third-order valence-corrected chi connectivity index (χ3v) is 8.42. The molecule has 3 amide bonds. The van der Waals surface area contributed by atoms with Crippen LogP contribution in [0, 0.1) is 17.8 Å². The Kier molecular flexibility index (Phi) is 6.92. The van der Waals surface area contributed by atoms with Crippen LogP contribution in [-0.2, 0) is 19.1 Å². The monoisotopic (exact) mass is 487 g/mol. The molecule has 1 N–H and O–H groups in total. The van der Waals surface area contributed by atoms with Gasteiger partial charge in [0.1, 0.15) is 11.6 Å². The molecule has 2 saturated heterocycles. The summed E-state index contributed by atoms with van der Waals surface area (Å²) in [5.74, 6) is -2.19. The zero-order chi connectivity index (χ0) is 25.7. The van der Waals surface area contributed by atoms with Crippen molar-refractivity contribution < 1.29 is 24.2 Å². The standard InChI is InChI=1S/C27H41N3O5/c1-7-13-28-14-9-11-26(8-2)20(23(28)32)21-24(33)30(19(16-31)17(3)4)22-25(34)29(18(5)6)15-10-12-27(21,22)35-26/h9-12,17-22,31H,7-8,13-16H2,1-6H3/t19-,20-,21-,22?,26+,27-/m0/s1. The number of carbonyl (C=O) groups is 3. The fourth-order valence-electron chi connectivity index (χ4n) is 6.68. The van der Waals surface area contributed by atoms with Gasteiger partial charge in [-0.25, -0.2) is 0 Å². The predicted molar refractivity (Wildman–Crippen MR) is 132 cm³/mol. The van der Waals surface area contributed by atoms with Gasteiger partial charge in [-0.05, 0) is 32.6 Å². The van der Waals surface area contributed by atoms with Crippen molar-refractivity contribution >= 4 is 17.7 Å². The van der Waals surface area contributed by atoms with Crippen molar-refractivity contribution in [1.29, 1.82) is 0 Å². The number of ether oxygens (including phenoxy) is 1. The number of fused-ring (bicyclic) bond motifs is 2.